The van der Waals surface area contributed by atoms with Crippen LogP contribution in [-0.4, -0.2) is 5.91 Å². The van der Waals surface area contributed by atoms with Crippen molar-refractivity contribution in [2.45, 2.75) is 19.9 Å². The van der Waals surface area contributed by atoms with Crippen LogP contribution in [0.3, 0.4) is 0 Å². The number of hydrogen-bond acceptors (Lipinski definition) is 2. The number of amides is 1. The van der Waals surface area contributed by atoms with E-state index in [1.807, 2.05) is 31.4 Å². The van der Waals surface area contributed by atoms with Crippen molar-refractivity contribution in [1.29, 1.82) is 0 Å². The lowest BCUT2D eigenvalue weighted by molar-refractivity contribution is 0.0922. The molecule has 0 spiro atoms. The first-order chi connectivity index (χ1) is 9.49. The van der Waals surface area contributed by atoms with Crippen LogP contribution >= 0.6 is 11.3 Å². The third kappa shape index (κ3) is 3.22. The fraction of sp³-hybridized carbons (Fsp3) is 0.267. The summed E-state index contributed by atoms with van der Waals surface area (Å²) in [7, 11) is 0. The van der Waals surface area contributed by atoms with Gasteiger partial charge in [-0.3, -0.25) is 4.79 Å². The lowest BCUT2D eigenvalue weighted by Crippen LogP contribution is -2.31. The minimum atomic E-state index is -0.851. The van der Waals surface area contributed by atoms with Crippen LogP contribution in [0.25, 0.3) is 0 Å². The van der Waals surface area contributed by atoms with Crippen LogP contribution in [0.2, 0.25) is 0 Å². The van der Waals surface area contributed by atoms with E-state index in [0.29, 0.717) is 6.07 Å². The zero-order valence-corrected chi connectivity index (χ0v) is 12.0. The van der Waals surface area contributed by atoms with E-state index < -0.39 is 17.5 Å². The molecule has 1 atom stereocenters. The summed E-state index contributed by atoms with van der Waals surface area (Å²) in [5.41, 5.74) is -0.145. The van der Waals surface area contributed by atoms with Crippen molar-refractivity contribution in [3.8, 4) is 0 Å². The normalized spacial score (nSPS) is 12.4. The van der Waals surface area contributed by atoms with Crippen LogP contribution in [0.5, 0.6) is 0 Å². The van der Waals surface area contributed by atoms with Crippen LogP contribution in [0.15, 0.2) is 35.7 Å². The zero-order valence-electron chi connectivity index (χ0n) is 11.2. The van der Waals surface area contributed by atoms with E-state index in [2.05, 4.69) is 5.32 Å². The Morgan fingerprint density at radius 2 is 2.00 bits per heavy atom. The highest BCUT2D eigenvalue weighted by Gasteiger charge is 2.21. The Hall–Kier alpha value is -1.75. The molecule has 2 rings (SSSR count). The second kappa shape index (κ2) is 6.13. The molecule has 0 aliphatic rings. The Morgan fingerprint density at radius 1 is 1.25 bits per heavy atom. The van der Waals surface area contributed by atoms with Crippen molar-refractivity contribution in [2.75, 3.05) is 0 Å². The molecule has 0 saturated heterocycles. The Kier molecular flexibility index (Phi) is 4.49. The van der Waals surface area contributed by atoms with E-state index >= 15 is 0 Å². The van der Waals surface area contributed by atoms with Crippen LogP contribution in [0, 0.1) is 17.6 Å². The van der Waals surface area contributed by atoms with E-state index in [-0.39, 0.29) is 17.5 Å². The van der Waals surface area contributed by atoms with E-state index in [9.17, 15) is 13.6 Å². The highest BCUT2D eigenvalue weighted by molar-refractivity contribution is 7.10. The van der Waals surface area contributed by atoms with Crippen LogP contribution in [0.1, 0.15) is 35.1 Å². The molecule has 20 heavy (non-hydrogen) atoms. The second-order valence-corrected chi connectivity index (χ2v) is 5.81. The highest BCUT2D eigenvalue weighted by Crippen LogP contribution is 2.26. The molecule has 0 aliphatic heterocycles. The average Bonchev–Trinajstić information content (AvgIpc) is 2.88. The summed E-state index contributed by atoms with van der Waals surface area (Å²) in [5.74, 6) is -1.91. The van der Waals surface area contributed by atoms with Gasteiger partial charge in [0.2, 0.25) is 0 Å². The van der Waals surface area contributed by atoms with Crippen molar-refractivity contribution in [3.05, 3.63) is 57.8 Å². The molecule has 106 valence electrons. The Bertz CT molecular complexity index is 596. The van der Waals surface area contributed by atoms with Gasteiger partial charge in [0.05, 0.1) is 11.6 Å². The first-order valence-electron chi connectivity index (χ1n) is 6.28. The van der Waals surface area contributed by atoms with Crippen molar-refractivity contribution in [3.63, 3.8) is 0 Å². The summed E-state index contributed by atoms with van der Waals surface area (Å²) in [5, 5.41) is 4.73. The third-order valence-corrected chi connectivity index (χ3v) is 3.93. The molecule has 0 fully saturated rings. The predicted octanol–water partition coefficient (Wildman–Crippen LogP) is 4.15. The second-order valence-electron chi connectivity index (χ2n) is 4.83. The van der Waals surface area contributed by atoms with Crippen molar-refractivity contribution in [1.82, 2.24) is 5.32 Å². The molecule has 0 radical (unpaired) electrons. The molecule has 2 aromatic rings. The van der Waals surface area contributed by atoms with Gasteiger partial charge < -0.3 is 5.32 Å². The molecule has 1 heterocycles. The van der Waals surface area contributed by atoms with Gasteiger partial charge in [-0.05, 0) is 29.5 Å². The first kappa shape index (κ1) is 14.7. The molecule has 1 aromatic heterocycles. The van der Waals surface area contributed by atoms with Crippen LogP contribution in [0.4, 0.5) is 8.78 Å². The van der Waals surface area contributed by atoms with Gasteiger partial charge in [0.1, 0.15) is 11.6 Å². The molecular formula is C15H15F2NOS. The van der Waals surface area contributed by atoms with Gasteiger partial charge in [-0.1, -0.05) is 19.9 Å². The van der Waals surface area contributed by atoms with E-state index in [4.69, 9.17) is 0 Å². The van der Waals surface area contributed by atoms with Crippen molar-refractivity contribution < 1.29 is 13.6 Å². The number of halogens is 2. The Balaban J connectivity index is 2.21. The molecular weight excluding hydrogens is 280 g/mol. The van der Waals surface area contributed by atoms with Gasteiger partial charge in [0.15, 0.2) is 0 Å². The van der Waals surface area contributed by atoms with Crippen LogP contribution < -0.4 is 5.32 Å². The van der Waals surface area contributed by atoms with Gasteiger partial charge in [0, 0.05) is 10.9 Å². The molecule has 0 aliphatic carbocycles. The fourth-order valence-electron chi connectivity index (χ4n) is 1.93. The summed E-state index contributed by atoms with van der Waals surface area (Å²) < 4.78 is 26.5. The summed E-state index contributed by atoms with van der Waals surface area (Å²) >= 11 is 1.53. The van der Waals surface area contributed by atoms with Gasteiger partial charge in [-0.2, -0.15) is 0 Å². The number of benzene rings is 1. The van der Waals surface area contributed by atoms with E-state index in [1.54, 1.807) is 0 Å². The standard InChI is InChI=1S/C15H15F2NOS/c1-9(2)14(13-4-3-7-20-13)18-15(19)11-6-5-10(16)8-12(11)17/h3-9,14H,1-2H3,(H,18,19)/t14-/m1/s1. The number of nitrogens with one attached hydrogen (secondary N) is 1. The fourth-order valence-corrected chi connectivity index (χ4v) is 2.88. The molecule has 1 amide bonds. The van der Waals surface area contributed by atoms with Crippen molar-refractivity contribution in [2.24, 2.45) is 5.92 Å². The highest BCUT2D eigenvalue weighted by atomic mass is 32.1. The van der Waals surface area contributed by atoms with Crippen molar-refractivity contribution >= 4 is 17.2 Å². The largest absolute Gasteiger partial charge is 0.344 e. The summed E-state index contributed by atoms with van der Waals surface area (Å²) in [6.07, 6.45) is 0. The molecule has 0 bridgehead atoms. The number of hydrogen-bond donors (Lipinski definition) is 1. The maximum Gasteiger partial charge on any atom is 0.254 e. The van der Waals surface area contributed by atoms with Gasteiger partial charge >= 0.3 is 0 Å². The van der Waals surface area contributed by atoms with Gasteiger partial charge in [-0.25, -0.2) is 8.78 Å². The monoisotopic (exact) mass is 295 g/mol. The number of rotatable bonds is 4. The number of thiophene rings is 1. The molecule has 5 heteroatoms. The first-order valence-corrected chi connectivity index (χ1v) is 7.16. The summed E-state index contributed by atoms with van der Waals surface area (Å²) in [6.45, 7) is 3.96. The molecule has 1 N–H and O–H groups in total. The lowest BCUT2D eigenvalue weighted by atomic mass is 10.0. The predicted molar refractivity (Wildman–Crippen MR) is 75.7 cm³/mol. The summed E-state index contributed by atoms with van der Waals surface area (Å²) in [6, 6.07) is 6.59. The lowest BCUT2D eigenvalue weighted by Gasteiger charge is -2.21. The topological polar surface area (TPSA) is 29.1 Å². The van der Waals surface area contributed by atoms with Gasteiger partial charge in [-0.15, -0.1) is 11.3 Å². The molecule has 2 nitrogen and oxygen atoms in total. The molecule has 1 aromatic carbocycles. The minimum absolute atomic E-state index is 0.145. The number of carbonyl (C=O) groups is 1. The SMILES string of the molecule is CC(C)[C@@H](NC(=O)c1ccc(F)cc1F)c1cccs1. The quantitative estimate of drug-likeness (QED) is 0.902. The summed E-state index contributed by atoms with van der Waals surface area (Å²) in [4.78, 5) is 13.1. The third-order valence-electron chi connectivity index (χ3n) is 2.98. The van der Waals surface area contributed by atoms with E-state index in [1.165, 1.54) is 11.3 Å². The minimum Gasteiger partial charge on any atom is -0.344 e. The van der Waals surface area contributed by atoms with E-state index in [0.717, 1.165) is 17.0 Å². The number of carbonyl (C=O) groups excluding carboxylic acids is 1. The smallest absolute Gasteiger partial charge is 0.254 e. The Labute approximate surface area is 120 Å². The maximum absolute atomic E-state index is 13.6. The van der Waals surface area contributed by atoms with Gasteiger partial charge in [0.25, 0.3) is 5.91 Å². The molecule has 0 saturated carbocycles. The average molecular weight is 295 g/mol. The Morgan fingerprint density at radius 3 is 2.55 bits per heavy atom. The molecule has 0 unspecified atom stereocenters. The zero-order chi connectivity index (χ0) is 14.7. The maximum atomic E-state index is 13.6. The van der Waals surface area contributed by atoms with Crippen LogP contribution in [-0.2, 0) is 0 Å².